The molecule has 116 valence electrons. The highest BCUT2D eigenvalue weighted by Crippen LogP contribution is 2.14. The van der Waals surface area contributed by atoms with Crippen LogP contribution in [0, 0.1) is 0 Å². The molecule has 21 heavy (non-hydrogen) atoms. The van der Waals surface area contributed by atoms with Gasteiger partial charge in [-0.3, -0.25) is 10.1 Å². The van der Waals surface area contributed by atoms with E-state index in [9.17, 15) is 9.59 Å². The van der Waals surface area contributed by atoms with E-state index in [2.05, 4.69) is 17.6 Å². The van der Waals surface area contributed by atoms with Gasteiger partial charge in [0.15, 0.2) is 0 Å². The molecule has 0 spiro atoms. The zero-order valence-corrected chi connectivity index (χ0v) is 12.5. The lowest BCUT2D eigenvalue weighted by Crippen LogP contribution is -2.35. The van der Waals surface area contributed by atoms with Gasteiger partial charge in [-0.2, -0.15) is 0 Å². The van der Waals surface area contributed by atoms with Crippen molar-refractivity contribution in [2.75, 3.05) is 17.2 Å². The monoisotopic (exact) mass is 293 g/mol. The summed E-state index contributed by atoms with van der Waals surface area (Å²) in [6.07, 6.45) is 2.10. The van der Waals surface area contributed by atoms with Crippen molar-refractivity contribution >= 4 is 23.4 Å². The Kier molecular flexibility index (Phi) is 7.25. The van der Waals surface area contributed by atoms with Crippen LogP contribution in [0.3, 0.4) is 0 Å². The van der Waals surface area contributed by atoms with Crippen molar-refractivity contribution in [3.63, 3.8) is 0 Å². The molecule has 0 saturated carbocycles. The molecule has 6 heteroatoms. The Morgan fingerprint density at radius 3 is 2.24 bits per heavy atom. The first-order valence-electron chi connectivity index (χ1n) is 7.17. The molecule has 1 aromatic carbocycles. The van der Waals surface area contributed by atoms with Crippen molar-refractivity contribution in [1.82, 2.24) is 0 Å². The minimum absolute atomic E-state index is 0.199. The maximum atomic E-state index is 11.8. The zero-order valence-electron chi connectivity index (χ0n) is 12.5. The highest BCUT2D eigenvalue weighted by Gasteiger charge is 2.12. The van der Waals surface area contributed by atoms with Gasteiger partial charge in [0, 0.05) is 11.4 Å². The van der Waals surface area contributed by atoms with Crippen LogP contribution in [0.1, 0.15) is 33.1 Å². The molecule has 1 atom stereocenters. The molecule has 0 heterocycles. The van der Waals surface area contributed by atoms with Gasteiger partial charge in [0.05, 0.1) is 12.6 Å². The predicted molar refractivity (Wildman–Crippen MR) is 83.2 cm³/mol. The molecule has 0 aliphatic heterocycles. The van der Waals surface area contributed by atoms with E-state index in [1.165, 1.54) is 0 Å². The summed E-state index contributed by atoms with van der Waals surface area (Å²) in [6.45, 7) is 4.11. The lowest BCUT2D eigenvalue weighted by Gasteiger charge is -2.12. The second kappa shape index (κ2) is 8.97. The van der Waals surface area contributed by atoms with Crippen LogP contribution in [0.2, 0.25) is 0 Å². The number of hydrogen-bond donors (Lipinski definition) is 3. The number of benzene rings is 1. The van der Waals surface area contributed by atoms with E-state index in [1.54, 1.807) is 31.2 Å². The number of carbonyl (C=O) groups is 2. The number of nitrogens with two attached hydrogens (primary N) is 1. The lowest BCUT2D eigenvalue weighted by atomic mass is 10.1. The predicted octanol–water partition coefficient (Wildman–Crippen LogP) is 2.71. The molecule has 2 amide bonds. The van der Waals surface area contributed by atoms with Crippen LogP contribution in [0.25, 0.3) is 0 Å². The standard InChI is InChI=1S/C15H23N3O3/c1-3-5-6-13(16)14(19)17-11-7-9-12(10-8-11)18-15(20)21-4-2/h7-10,13H,3-6,16H2,1-2H3,(H,17,19)(H,18,20)/t13-/m0/s1. The van der Waals surface area contributed by atoms with E-state index < -0.39 is 12.1 Å². The number of amides is 2. The number of unbranched alkanes of at least 4 members (excludes halogenated alkanes) is 1. The normalized spacial score (nSPS) is 11.6. The van der Waals surface area contributed by atoms with Gasteiger partial charge in [-0.15, -0.1) is 0 Å². The molecule has 0 aromatic heterocycles. The number of anilines is 2. The van der Waals surface area contributed by atoms with Gasteiger partial charge < -0.3 is 15.8 Å². The molecule has 1 rings (SSSR count). The maximum Gasteiger partial charge on any atom is 0.411 e. The van der Waals surface area contributed by atoms with E-state index in [1.807, 2.05) is 0 Å². The summed E-state index contributed by atoms with van der Waals surface area (Å²) in [6, 6.07) is 6.27. The van der Waals surface area contributed by atoms with Crippen molar-refractivity contribution in [1.29, 1.82) is 0 Å². The van der Waals surface area contributed by atoms with E-state index >= 15 is 0 Å². The van der Waals surface area contributed by atoms with Gasteiger partial charge in [0.25, 0.3) is 0 Å². The summed E-state index contributed by atoms with van der Waals surface area (Å²) in [5, 5.41) is 5.32. The lowest BCUT2D eigenvalue weighted by molar-refractivity contribution is -0.117. The van der Waals surface area contributed by atoms with Crippen LogP contribution in [-0.4, -0.2) is 24.6 Å². The minimum Gasteiger partial charge on any atom is -0.450 e. The molecule has 6 nitrogen and oxygen atoms in total. The van der Waals surface area contributed by atoms with Crippen LogP contribution in [0.5, 0.6) is 0 Å². The summed E-state index contributed by atoms with van der Waals surface area (Å²) < 4.78 is 4.77. The topological polar surface area (TPSA) is 93.5 Å². The van der Waals surface area contributed by atoms with Crippen LogP contribution < -0.4 is 16.4 Å². The van der Waals surface area contributed by atoms with Crippen molar-refractivity contribution in [3.8, 4) is 0 Å². The number of rotatable bonds is 7. The maximum absolute atomic E-state index is 11.8. The smallest absolute Gasteiger partial charge is 0.411 e. The molecule has 0 bridgehead atoms. The van der Waals surface area contributed by atoms with Crippen LogP contribution in [-0.2, 0) is 9.53 Å². The zero-order chi connectivity index (χ0) is 15.7. The Labute approximate surface area is 125 Å². The molecule has 1 aromatic rings. The Balaban J connectivity index is 2.50. The molecule has 0 fully saturated rings. The largest absolute Gasteiger partial charge is 0.450 e. The molecular formula is C15H23N3O3. The van der Waals surface area contributed by atoms with E-state index in [0.29, 0.717) is 24.4 Å². The second-order valence-electron chi connectivity index (χ2n) is 4.66. The average molecular weight is 293 g/mol. The molecular weight excluding hydrogens is 270 g/mol. The summed E-state index contributed by atoms with van der Waals surface area (Å²) >= 11 is 0. The quantitative estimate of drug-likeness (QED) is 0.720. The number of ether oxygens (including phenoxy) is 1. The molecule has 0 saturated heterocycles. The Morgan fingerprint density at radius 1 is 1.14 bits per heavy atom. The van der Waals surface area contributed by atoms with Crippen LogP contribution in [0.4, 0.5) is 16.2 Å². The first-order chi connectivity index (χ1) is 10.1. The highest BCUT2D eigenvalue weighted by atomic mass is 16.5. The number of hydrogen-bond acceptors (Lipinski definition) is 4. The van der Waals surface area contributed by atoms with Crippen LogP contribution in [0.15, 0.2) is 24.3 Å². The molecule has 0 aliphatic rings. The fraction of sp³-hybridized carbons (Fsp3) is 0.467. The van der Waals surface area contributed by atoms with E-state index in [-0.39, 0.29) is 5.91 Å². The third kappa shape index (κ3) is 6.27. The average Bonchev–Trinajstić information content (AvgIpc) is 2.47. The Morgan fingerprint density at radius 2 is 1.71 bits per heavy atom. The second-order valence-corrected chi connectivity index (χ2v) is 4.66. The summed E-state index contributed by atoms with van der Waals surface area (Å²) in [7, 11) is 0. The van der Waals surface area contributed by atoms with Crippen molar-refractivity contribution in [3.05, 3.63) is 24.3 Å². The fourth-order valence-corrected chi connectivity index (χ4v) is 1.71. The first kappa shape index (κ1) is 17.0. The Hall–Kier alpha value is -2.08. The third-order valence-electron chi connectivity index (χ3n) is 2.88. The van der Waals surface area contributed by atoms with Crippen LogP contribution >= 0.6 is 0 Å². The first-order valence-corrected chi connectivity index (χ1v) is 7.17. The van der Waals surface area contributed by atoms with E-state index in [0.717, 1.165) is 12.8 Å². The molecule has 0 unspecified atom stereocenters. The molecule has 4 N–H and O–H groups in total. The van der Waals surface area contributed by atoms with Gasteiger partial charge in [0.2, 0.25) is 5.91 Å². The Bertz CT molecular complexity index is 460. The van der Waals surface area contributed by atoms with Gasteiger partial charge in [0.1, 0.15) is 0 Å². The molecule has 0 aliphatic carbocycles. The summed E-state index contributed by atoms with van der Waals surface area (Å²) in [5.74, 6) is -0.199. The number of nitrogens with one attached hydrogen (secondary N) is 2. The highest BCUT2D eigenvalue weighted by molar-refractivity contribution is 5.95. The van der Waals surface area contributed by atoms with Gasteiger partial charge in [-0.25, -0.2) is 4.79 Å². The summed E-state index contributed by atoms with van der Waals surface area (Å²) in [4.78, 5) is 23.1. The SMILES string of the molecule is CCCC[C@H](N)C(=O)Nc1ccc(NC(=O)OCC)cc1. The fourth-order valence-electron chi connectivity index (χ4n) is 1.71. The third-order valence-corrected chi connectivity index (χ3v) is 2.88. The molecule has 0 radical (unpaired) electrons. The van der Waals surface area contributed by atoms with Gasteiger partial charge >= 0.3 is 6.09 Å². The van der Waals surface area contributed by atoms with Crippen molar-refractivity contribution < 1.29 is 14.3 Å². The minimum atomic E-state index is -0.504. The van der Waals surface area contributed by atoms with Gasteiger partial charge in [-0.05, 0) is 37.6 Å². The van der Waals surface area contributed by atoms with Gasteiger partial charge in [-0.1, -0.05) is 19.8 Å². The van der Waals surface area contributed by atoms with E-state index in [4.69, 9.17) is 10.5 Å². The number of carbonyl (C=O) groups excluding carboxylic acids is 2. The summed E-state index contributed by atoms with van der Waals surface area (Å²) in [5.41, 5.74) is 7.03. The van der Waals surface area contributed by atoms with Crippen molar-refractivity contribution in [2.45, 2.75) is 39.2 Å². The van der Waals surface area contributed by atoms with Crippen molar-refractivity contribution in [2.24, 2.45) is 5.73 Å².